The average Bonchev–Trinajstić information content (AvgIpc) is 3.16. The number of halogens is 3. The van der Waals surface area contributed by atoms with Gasteiger partial charge in [-0.25, -0.2) is 4.79 Å². The molecule has 0 saturated heterocycles. The molecule has 1 heterocycles. The number of nitrogens with zero attached hydrogens (tertiary/aromatic N) is 1. The van der Waals surface area contributed by atoms with Crippen molar-refractivity contribution in [2.24, 2.45) is 0 Å². The lowest BCUT2D eigenvalue weighted by Gasteiger charge is -2.19. The van der Waals surface area contributed by atoms with Crippen molar-refractivity contribution >= 4 is 23.6 Å². The summed E-state index contributed by atoms with van der Waals surface area (Å²) >= 11 is 0. The first kappa shape index (κ1) is 26.5. The third-order valence-electron chi connectivity index (χ3n) is 5.96. The Morgan fingerprint density at radius 2 is 1.68 bits per heavy atom. The second kappa shape index (κ2) is 10.8. The molecule has 0 unspecified atom stereocenters. The fraction of sp³-hybridized carbons (Fsp3) is 0.172. The lowest BCUT2D eigenvalue weighted by Crippen LogP contribution is -2.24. The van der Waals surface area contributed by atoms with Crippen molar-refractivity contribution in [3.63, 3.8) is 0 Å². The van der Waals surface area contributed by atoms with Crippen LogP contribution in [0.3, 0.4) is 0 Å². The van der Waals surface area contributed by atoms with Gasteiger partial charge in [0.1, 0.15) is 6.61 Å². The van der Waals surface area contributed by atoms with Crippen LogP contribution in [-0.4, -0.2) is 26.1 Å². The Hall–Kier alpha value is -4.53. The smallest absolute Gasteiger partial charge is 0.416 e. The summed E-state index contributed by atoms with van der Waals surface area (Å²) in [5.41, 5.74) is 0.637. The quantitative estimate of drug-likeness (QED) is 0.274. The van der Waals surface area contributed by atoms with Crippen LogP contribution in [0.5, 0.6) is 11.5 Å². The van der Waals surface area contributed by atoms with E-state index in [1.807, 2.05) is 30.3 Å². The zero-order valence-electron chi connectivity index (χ0n) is 20.8. The molecule has 6 nitrogen and oxygen atoms in total. The third-order valence-corrected chi connectivity index (χ3v) is 5.96. The number of allylic oxidation sites excluding steroid dienone is 1. The standard InChI is InChI=1S/C29H24F3NO5/c1-18-26(28(35)37-3)23(27(34)33(18)22-11-7-10-21(16-22)29(30,31)32)14-20-12-13-24(25(15-20)36-2)38-17-19-8-5-4-6-9-19/h4-16H,17H2,1-3H3/b23-14-. The van der Waals surface area contributed by atoms with E-state index < -0.39 is 23.6 Å². The van der Waals surface area contributed by atoms with Crippen LogP contribution >= 0.6 is 0 Å². The Morgan fingerprint density at radius 3 is 2.34 bits per heavy atom. The van der Waals surface area contributed by atoms with Crippen LogP contribution in [-0.2, 0) is 27.1 Å². The molecular formula is C29H24F3NO5. The summed E-state index contributed by atoms with van der Waals surface area (Å²) in [4.78, 5) is 27.2. The topological polar surface area (TPSA) is 65.1 Å². The van der Waals surface area contributed by atoms with Crippen molar-refractivity contribution in [1.29, 1.82) is 0 Å². The molecule has 3 aromatic carbocycles. The summed E-state index contributed by atoms with van der Waals surface area (Å²) in [6.45, 7) is 1.79. The monoisotopic (exact) mass is 523 g/mol. The SMILES string of the molecule is COC(=O)C1=C(C)N(c2cccc(C(F)(F)F)c2)C(=O)/C1=C\c1ccc(OCc2ccccc2)c(OC)c1. The lowest BCUT2D eigenvalue weighted by molar-refractivity contribution is -0.137. The van der Waals surface area contributed by atoms with E-state index >= 15 is 0 Å². The number of benzene rings is 3. The van der Waals surface area contributed by atoms with Gasteiger partial charge in [0.05, 0.1) is 30.9 Å². The molecule has 1 amide bonds. The molecule has 0 aromatic heterocycles. The maximum atomic E-state index is 13.5. The van der Waals surface area contributed by atoms with Gasteiger partial charge < -0.3 is 14.2 Å². The minimum absolute atomic E-state index is 0.0191. The number of amides is 1. The first-order valence-electron chi connectivity index (χ1n) is 11.5. The van der Waals surface area contributed by atoms with E-state index in [1.54, 1.807) is 18.2 Å². The molecule has 0 saturated carbocycles. The van der Waals surface area contributed by atoms with Gasteiger partial charge in [-0.1, -0.05) is 42.5 Å². The number of rotatable bonds is 7. The molecule has 0 bridgehead atoms. The molecule has 0 fully saturated rings. The summed E-state index contributed by atoms with van der Waals surface area (Å²) < 4.78 is 56.1. The van der Waals surface area contributed by atoms with Crippen molar-refractivity contribution in [3.05, 3.63) is 106 Å². The molecule has 1 aliphatic heterocycles. The molecular weight excluding hydrogens is 499 g/mol. The highest BCUT2D eigenvalue weighted by atomic mass is 19.4. The van der Waals surface area contributed by atoms with Crippen LogP contribution in [0.25, 0.3) is 6.08 Å². The number of carbonyl (C=O) groups excluding carboxylic acids is 2. The van der Waals surface area contributed by atoms with Crippen LogP contribution in [0, 0.1) is 0 Å². The van der Waals surface area contributed by atoms with Crippen LogP contribution in [0.2, 0.25) is 0 Å². The van der Waals surface area contributed by atoms with Gasteiger partial charge in [0.15, 0.2) is 11.5 Å². The highest BCUT2D eigenvalue weighted by Crippen LogP contribution is 2.39. The summed E-state index contributed by atoms with van der Waals surface area (Å²) in [7, 11) is 2.64. The van der Waals surface area contributed by atoms with Crippen molar-refractivity contribution in [2.75, 3.05) is 19.1 Å². The second-order valence-electron chi connectivity index (χ2n) is 8.38. The van der Waals surface area contributed by atoms with Gasteiger partial charge in [-0.15, -0.1) is 0 Å². The molecule has 0 radical (unpaired) electrons. The van der Waals surface area contributed by atoms with Crippen molar-refractivity contribution in [1.82, 2.24) is 0 Å². The van der Waals surface area contributed by atoms with Gasteiger partial charge in [0.2, 0.25) is 0 Å². The Morgan fingerprint density at radius 1 is 0.947 bits per heavy atom. The number of ether oxygens (including phenoxy) is 3. The van der Waals surface area contributed by atoms with E-state index in [2.05, 4.69) is 0 Å². The van der Waals surface area contributed by atoms with Gasteiger partial charge in [-0.05, 0) is 54.5 Å². The van der Waals surface area contributed by atoms with Crippen LogP contribution in [0.4, 0.5) is 18.9 Å². The average molecular weight is 524 g/mol. The first-order chi connectivity index (χ1) is 18.1. The molecule has 1 aliphatic rings. The Labute approximate surface area is 217 Å². The van der Waals surface area contributed by atoms with Crippen molar-refractivity contribution in [3.8, 4) is 11.5 Å². The Balaban J connectivity index is 1.70. The molecule has 0 N–H and O–H groups in total. The van der Waals surface area contributed by atoms with E-state index in [0.717, 1.165) is 22.6 Å². The van der Waals surface area contributed by atoms with E-state index in [9.17, 15) is 22.8 Å². The number of anilines is 1. The Bertz CT molecular complexity index is 1430. The number of carbonyl (C=O) groups is 2. The molecule has 0 aliphatic carbocycles. The summed E-state index contributed by atoms with van der Waals surface area (Å²) in [6, 6.07) is 18.9. The number of alkyl halides is 3. The van der Waals surface area contributed by atoms with Crippen LogP contribution in [0.15, 0.2) is 89.6 Å². The van der Waals surface area contributed by atoms with Gasteiger partial charge in [-0.3, -0.25) is 9.69 Å². The van der Waals surface area contributed by atoms with Crippen LogP contribution < -0.4 is 14.4 Å². The minimum Gasteiger partial charge on any atom is -0.493 e. The normalized spacial score (nSPS) is 14.7. The largest absolute Gasteiger partial charge is 0.493 e. The predicted octanol–water partition coefficient (Wildman–Crippen LogP) is 6.17. The maximum absolute atomic E-state index is 13.5. The van der Waals surface area contributed by atoms with Crippen molar-refractivity contribution < 1.29 is 37.0 Å². The summed E-state index contributed by atoms with van der Waals surface area (Å²) in [5.74, 6) is -0.575. The zero-order valence-corrected chi connectivity index (χ0v) is 20.8. The van der Waals surface area contributed by atoms with Gasteiger partial charge in [0.25, 0.3) is 5.91 Å². The number of hydrogen-bond donors (Lipinski definition) is 0. The van der Waals surface area contributed by atoms with Gasteiger partial charge >= 0.3 is 12.1 Å². The molecule has 38 heavy (non-hydrogen) atoms. The third kappa shape index (κ3) is 5.41. The highest BCUT2D eigenvalue weighted by molar-refractivity contribution is 6.23. The Kier molecular flexibility index (Phi) is 7.57. The second-order valence-corrected chi connectivity index (χ2v) is 8.38. The highest BCUT2D eigenvalue weighted by Gasteiger charge is 2.39. The van der Waals surface area contributed by atoms with E-state index in [4.69, 9.17) is 14.2 Å². The van der Waals surface area contributed by atoms with E-state index in [1.165, 1.54) is 39.4 Å². The number of methoxy groups -OCH3 is 2. The fourth-order valence-corrected chi connectivity index (χ4v) is 4.11. The number of esters is 1. The van der Waals surface area contributed by atoms with Crippen molar-refractivity contribution in [2.45, 2.75) is 19.7 Å². The zero-order chi connectivity index (χ0) is 27.4. The molecule has 9 heteroatoms. The molecule has 0 atom stereocenters. The van der Waals surface area contributed by atoms with Gasteiger partial charge in [-0.2, -0.15) is 13.2 Å². The lowest BCUT2D eigenvalue weighted by atomic mass is 10.0. The molecule has 0 spiro atoms. The van der Waals surface area contributed by atoms with E-state index in [0.29, 0.717) is 23.7 Å². The molecule has 196 valence electrons. The summed E-state index contributed by atoms with van der Waals surface area (Å²) in [6.07, 6.45) is -3.13. The predicted molar refractivity (Wildman–Crippen MR) is 135 cm³/mol. The molecule has 3 aromatic rings. The van der Waals surface area contributed by atoms with Gasteiger partial charge in [0, 0.05) is 11.4 Å². The number of hydrogen-bond acceptors (Lipinski definition) is 5. The summed E-state index contributed by atoms with van der Waals surface area (Å²) in [5, 5.41) is 0. The van der Waals surface area contributed by atoms with E-state index in [-0.39, 0.29) is 22.5 Å². The first-order valence-corrected chi connectivity index (χ1v) is 11.5. The minimum atomic E-state index is -4.60. The fourth-order valence-electron chi connectivity index (χ4n) is 4.11. The molecule has 4 rings (SSSR count). The van der Waals surface area contributed by atoms with Crippen LogP contribution in [0.1, 0.15) is 23.6 Å². The maximum Gasteiger partial charge on any atom is 0.416 e.